The monoisotopic (exact) mass is 356 g/mol. The molecule has 2 aliphatic carbocycles. The first-order valence-electron chi connectivity index (χ1n) is 9.60. The number of rotatable bonds is 5. The maximum Gasteiger partial charge on any atom is 0.217 e. The van der Waals surface area contributed by atoms with Gasteiger partial charge < -0.3 is 14.8 Å². The van der Waals surface area contributed by atoms with Crippen molar-refractivity contribution >= 4 is 5.91 Å². The molecule has 0 aromatic heterocycles. The van der Waals surface area contributed by atoms with Gasteiger partial charge >= 0.3 is 0 Å². The fraction of sp³-hybridized carbons (Fsp3) is 0.619. The van der Waals surface area contributed by atoms with Gasteiger partial charge in [-0.25, -0.2) is 0 Å². The van der Waals surface area contributed by atoms with Crippen LogP contribution in [0.1, 0.15) is 63.9 Å². The van der Waals surface area contributed by atoms with Crippen LogP contribution in [0.15, 0.2) is 18.2 Å². The van der Waals surface area contributed by atoms with Crippen LogP contribution in [0.2, 0.25) is 0 Å². The van der Waals surface area contributed by atoms with Gasteiger partial charge in [0, 0.05) is 13.0 Å². The molecule has 0 spiro atoms. The number of ether oxygens (including phenoxy) is 2. The van der Waals surface area contributed by atoms with Crippen molar-refractivity contribution in [3.63, 3.8) is 0 Å². The van der Waals surface area contributed by atoms with Crippen LogP contribution in [0.25, 0.3) is 0 Å². The first-order valence-corrected chi connectivity index (χ1v) is 9.60. The minimum Gasteiger partial charge on any atom is -0.493 e. The Morgan fingerprint density at radius 2 is 2.00 bits per heavy atom. The molecule has 1 aromatic carbocycles. The molecule has 26 heavy (non-hydrogen) atoms. The lowest BCUT2D eigenvalue weighted by atomic mass is 9.68. The first kappa shape index (κ1) is 18.6. The molecule has 5 heteroatoms. The molecule has 5 nitrogen and oxygen atoms in total. The summed E-state index contributed by atoms with van der Waals surface area (Å²) in [4.78, 5) is 11.4. The molecule has 0 saturated heterocycles. The Labute approximate surface area is 155 Å². The van der Waals surface area contributed by atoms with Gasteiger partial charge in [-0.1, -0.05) is 6.07 Å². The summed E-state index contributed by atoms with van der Waals surface area (Å²) in [5.74, 6) is 1.40. The van der Waals surface area contributed by atoms with Gasteiger partial charge in [-0.3, -0.25) is 4.79 Å². The van der Waals surface area contributed by atoms with Crippen molar-refractivity contribution in [2.45, 2.75) is 75.9 Å². The summed E-state index contributed by atoms with van der Waals surface area (Å²) in [6.07, 6.45) is 8.06. The highest BCUT2D eigenvalue weighted by Crippen LogP contribution is 2.42. The zero-order chi connectivity index (χ0) is 18.6. The number of hydrogen-bond donors (Lipinski definition) is 1. The lowest BCUT2D eigenvalue weighted by molar-refractivity contribution is -0.119. The Morgan fingerprint density at radius 3 is 2.65 bits per heavy atom. The van der Waals surface area contributed by atoms with E-state index >= 15 is 0 Å². The van der Waals surface area contributed by atoms with E-state index in [0.29, 0.717) is 12.2 Å². The Hall–Kier alpha value is -2.22. The number of methoxy groups -OCH3 is 1. The summed E-state index contributed by atoms with van der Waals surface area (Å²) < 4.78 is 11.7. The van der Waals surface area contributed by atoms with E-state index in [0.717, 1.165) is 43.4 Å². The molecule has 1 aromatic rings. The molecule has 140 valence electrons. The Bertz CT molecular complexity index is 691. The van der Waals surface area contributed by atoms with Crippen LogP contribution in [0.5, 0.6) is 11.5 Å². The third kappa shape index (κ3) is 3.95. The molecule has 3 rings (SSSR count). The maximum atomic E-state index is 11.4. The van der Waals surface area contributed by atoms with Crippen molar-refractivity contribution in [2.75, 3.05) is 7.11 Å². The van der Waals surface area contributed by atoms with Crippen LogP contribution in [0.3, 0.4) is 0 Å². The number of benzene rings is 1. The number of hydrogen-bond acceptors (Lipinski definition) is 4. The summed E-state index contributed by atoms with van der Waals surface area (Å²) in [5.41, 5.74) is 0.370. The van der Waals surface area contributed by atoms with Crippen molar-refractivity contribution in [3.05, 3.63) is 23.8 Å². The molecule has 2 aliphatic rings. The largest absolute Gasteiger partial charge is 0.493 e. The highest BCUT2D eigenvalue weighted by Gasteiger charge is 2.39. The average molecular weight is 356 g/mol. The Kier molecular flexibility index (Phi) is 5.70. The van der Waals surface area contributed by atoms with Crippen molar-refractivity contribution in [1.82, 2.24) is 5.32 Å². The standard InChI is InChI=1S/C21H28N2O3/c1-15(24)23-17-6-5-11-21(13-17,14-22)16-9-10-19(25-2)20(12-16)26-18-7-3-4-8-18/h9-10,12,17-18H,3-8,11,13H2,1-2H3,(H,23,24)/t17-,21+/m1/s1. The van der Waals surface area contributed by atoms with E-state index in [1.807, 2.05) is 18.2 Å². The molecule has 0 radical (unpaired) electrons. The normalized spacial score (nSPS) is 26.1. The van der Waals surface area contributed by atoms with Gasteiger partial charge in [0.25, 0.3) is 0 Å². The number of nitrogens with zero attached hydrogens (tertiary/aromatic N) is 1. The van der Waals surface area contributed by atoms with Crippen molar-refractivity contribution in [1.29, 1.82) is 5.26 Å². The predicted molar refractivity (Wildman–Crippen MR) is 99.2 cm³/mol. The van der Waals surface area contributed by atoms with Gasteiger partial charge in [-0.05, 0) is 69.1 Å². The number of amides is 1. The van der Waals surface area contributed by atoms with E-state index in [1.165, 1.54) is 19.8 Å². The zero-order valence-corrected chi connectivity index (χ0v) is 15.7. The second-order valence-electron chi connectivity index (χ2n) is 7.58. The summed E-state index contributed by atoms with van der Waals surface area (Å²) in [6.45, 7) is 1.53. The SMILES string of the molecule is COc1ccc([C@@]2(C#N)CCC[C@@H](NC(C)=O)C2)cc1OC1CCCC1. The number of carbonyl (C=O) groups excluding carboxylic acids is 1. The topological polar surface area (TPSA) is 71.3 Å². The lowest BCUT2D eigenvalue weighted by Crippen LogP contribution is -2.43. The average Bonchev–Trinajstić information content (AvgIpc) is 3.14. The molecule has 2 atom stereocenters. The molecule has 0 unspecified atom stereocenters. The molecule has 2 saturated carbocycles. The van der Waals surface area contributed by atoms with E-state index < -0.39 is 5.41 Å². The molecular formula is C21H28N2O3. The zero-order valence-electron chi connectivity index (χ0n) is 15.7. The van der Waals surface area contributed by atoms with E-state index in [2.05, 4.69) is 11.4 Å². The van der Waals surface area contributed by atoms with Gasteiger partial charge in [0.15, 0.2) is 11.5 Å². The number of carbonyl (C=O) groups is 1. The Morgan fingerprint density at radius 1 is 1.23 bits per heavy atom. The summed E-state index contributed by atoms with van der Waals surface area (Å²) >= 11 is 0. The second kappa shape index (κ2) is 7.99. The number of nitrogens with one attached hydrogen (secondary N) is 1. The first-order chi connectivity index (χ1) is 12.6. The van der Waals surface area contributed by atoms with Gasteiger partial charge in [0.1, 0.15) is 0 Å². The highest BCUT2D eigenvalue weighted by atomic mass is 16.5. The van der Waals surface area contributed by atoms with Gasteiger partial charge in [0.05, 0.1) is 24.7 Å². The van der Waals surface area contributed by atoms with Crippen LogP contribution in [-0.4, -0.2) is 25.2 Å². The van der Waals surface area contributed by atoms with E-state index in [-0.39, 0.29) is 18.1 Å². The molecule has 1 N–H and O–H groups in total. The minimum atomic E-state index is -0.592. The lowest BCUT2D eigenvalue weighted by Gasteiger charge is -2.36. The fourth-order valence-electron chi connectivity index (χ4n) is 4.37. The van der Waals surface area contributed by atoms with Crippen LogP contribution >= 0.6 is 0 Å². The van der Waals surface area contributed by atoms with Crippen LogP contribution in [0, 0.1) is 11.3 Å². The van der Waals surface area contributed by atoms with Gasteiger partial charge in [0.2, 0.25) is 5.91 Å². The van der Waals surface area contributed by atoms with E-state index in [9.17, 15) is 10.1 Å². The highest BCUT2D eigenvalue weighted by molar-refractivity contribution is 5.73. The van der Waals surface area contributed by atoms with Gasteiger partial charge in [-0.15, -0.1) is 0 Å². The summed E-state index contributed by atoms with van der Waals surface area (Å²) in [6, 6.07) is 8.45. The van der Waals surface area contributed by atoms with Crippen molar-refractivity contribution in [3.8, 4) is 17.6 Å². The van der Waals surface area contributed by atoms with E-state index in [4.69, 9.17) is 9.47 Å². The third-order valence-corrected chi connectivity index (χ3v) is 5.68. The van der Waals surface area contributed by atoms with Crippen LogP contribution < -0.4 is 14.8 Å². The fourth-order valence-corrected chi connectivity index (χ4v) is 4.37. The smallest absolute Gasteiger partial charge is 0.217 e. The molecule has 1 amide bonds. The van der Waals surface area contributed by atoms with E-state index in [1.54, 1.807) is 7.11 Å². The molecule has 0 aliphatic heterocycles. The Balaban J connectivity index is 1.87. The second-order valence-corrected chi connectivity index (χ2v) is 7.58. The number of nitriles is 1. The van der Waals surface area contributed by atoms with Crippen LogP contribution in [-0.2, 0) is 10.2 Å². The van der Waals surface area contributed by atoms with Crippen molar-refractivity contribution in [2.24, 2.45) is 0 Å². The maximum absolute atomic E-state index is 11.4. The molecule has 0 heterocycles. The third-order valence-electron chi connectivity index (χ3n) is 5.68. The molecular weight excluding hydrogens is 328 g/mol. The summed E-state index contributed by atoms with van der Waals surface area (Å²) in [7, 11) is 1.64. The molecule has 0 bridgehead atoms. The minimum absolute atomic E-state index is 0.0382. The van der Waals surface area contributed by atoms with Gasteiger partial charge in [-0.2, -0.15) is 5.26 Å². The molecule has 2 fully saturated rings. The predicted octanol–water partition coefficient (Wildman–Crippen LogP) is 3.86. The van der Waals surface area contributed by atoms with Crippen LogP contribution in [0.4, 0.5) is 0 Å². The quantitative estimate of drug-likeness (QED) is 0.870. The van der Waals surface area contributed by atoms with Crippen molar-refractivity contribution < 1.29 is 14.3 Å². The summed E-state index contributed by atoms with van der Waals surface area (Å²) in [5, 5.41) is 13.0.